The molecule has 0 saturated heterocycles. The van der Waals surface area contributed by atoms with Gasteiger partial charge in [-0.3, -0.25) is 0 Å². The Bertz CT molecular complexity index is 738. The van der Waals surface area contributed by atoms with E-state index in [1.807, 2.05) is 41.3 Å². The average molecular weight is 343 g/mol. The molecule has 3 rings (SSSR count). The van der Waals surface area contributed by atoms with Crippen LogP contribution in [0.3, 0.4) is 0 Å². The molecular formula is C16H15BrN4. The van der Waals surface area contributed by atoms with E-state index in [1.165, 1.54) is 5.56 Å². The molecule has 0 bridgehead atoms. The lowest BCUT2D eigenvalue weighted by Gasteiger charge is -2.11. The van der Waals surface area contributed by atoms with Crippen LogP contribution in [0.25, 0.3) is 5.69 Å². The number of nitrogens with one attached hydrogen (secondary N) is 1. The van der Waals surface area contributed by atoms with Gasteiger partial charge in [0.1, 0.15) is 5.82 Å². The Hall–Kier alpha value is -2.14. The van der Waals surface area contributed by atoms with Gasteiger partial charge in [-0.05, 0) is 52.2 Å². The molecule has 3 aromatic rings. The first kappa shape index (κ1) is 13.8. The highest BCUT2D eigenvalue weighted by molar-refractivity contribution is 9.10. The van der Waals surface area contributed by atoms with Crippen LogP contribution in [0.2, 0.25) is 0 Å². The fourth-order valence-corrected chi connectivity index (χ4v) is 2.33. The number of hydrogen-bond donors (Lipinski definition) is 1. The molecule has 0 saturated carbocycles. The van der Waals surface area contributed by atoms with Crippen LogP contribution in [0.1, 0.15) is 11.1 Å². The molecule has 1 N–H and O–H groups in total. The van der Waals surface area contributed by atoms with Crippen molar-refractivity contribution in [1.82, 2.24) is 14.8 Å². The summed E-state index contributed by atoms with van der Waals surface area (Å²) in [6.07, 6.45) is 5.54. The number of rotatable bonds is 4. The number of para-hydroxylation sites is 1. The average Bonchev–Trinajstić information content (AvgIpc) is 3.03. The van der Waals surface area contributed by atoms with Gasteiger partial charge in [0, 0.05) is 29.6 Å². The molecule has 21 heavy (non-hydrogen) atoms. The molecule has 0 radical (unpaired) electrons. The molecule has 2 heterocycles. The van der Waals surface area contributed by atoms with Crippen LogP contribution < -0.4 is 5.32 Å². The van der Waals surface area contributed by atoms with E-state index < -0.39 is 0 Å². The highest BCUT2D eigenvalue weighted by Crippen LogP contribution is 2.19. The van der Waals surface area contributed by atoms with Gasteiger partial charge in [0.25, 0.3) is 0 Å². The Kier molecular flexibility index (Phi) is 4.01. The molecule has 0 spiro atoms. The first-order valence-electron chi connectivity index (χ1n) is 6.68. The van der Waals surface area contributed by atoms with Gasteiger partial charge in [-0.1, -0.05) is 18.2 Å². The van der Waals surface area contributed by atoms with Crippen LogP contribution in [0.5, 0.6) is 0 Å². The number of aryl methyl sites for hydroxylation is 1. The summed E-state index contributed by atoms with van der Waals surface area (Å²) in [5.74, 6) is 0.867. The third kappa shape index (κ3) is 3.13. The van der Waals surface area contributed by atoms with E-state index in [-0.39, 0.29) is 0 Å². The predicted octanol–water partition coefficient (Wildman–Crippen LogP) is 3.95. The second-order valence-corrected chi connectivity index (χ2v) is 5.61. The van der Waals surface area contributed by atoms with Crippen molar-refractivity contribution in [2.45, 2.75) is 13.5 Å². The molecule has 2 aromatic heterocycles. The van der Waals surface area contributed by atoms with E-state index >= 15 is 0 Å². The van der Waals surface area contributed by atoms with Crippen molar-refractivity contribution in [1.29, 1.82) is 0 Å². The monoisotopic (exact) mass is 342 g/mol. The van der Waals surface area contributed by atoms with E-state index in [0.29, 0.717) is 6.54 Å². The minimum absolute atomic E-state index is 0.699. The van der Waals surface area contributed by atoms with Crippen molar-refractivity contribution >= 4 is 21.7 Å². The summed E-state index contributed by atoms with van der Waals surface area (Å²) in [7, 11) is 0. The quantitative estimate of drug-likeness (QED) is 0.780. The molecule has 106 valence electrons. The molecule has 0 aliphatic heterocycles. The van der Waals surface area contributed by atoms with E-state index in [4.69, 9.17) is 0 Å². The van der Waals surface area contributed by atoms with Gasteiger partial charge in [0.15, 0.2) is 0 Å². The number of halogens is 1. The number of pyridine rings is 1. The molecule has 0 amide bonds. The minimum atomic E-state index is 0.699. The number of hydrogen-bond acceptors (Lipinski definition) is 3. The minimum Gasteiger partial charge on any atom is -0.366 e. The lowest BCUT2D eigenvalue weighted by Crippen LogP contribution is -2.06. The fourth-order valence-electron chi connectivity index (χ4n) is 2.12. The predicted molar refractivity (Wildman–Crippen MR) is 87.6 cm³/mol. The van der Waals surface area contributed by atoms with Crippen molar-refractivity contribution in [3.05, 3.63) is 70.6 Å². The smallest absolute Gasteiger partial charge is 0.126 e. The molecule has 4 nitrogen and oxygen atoms in total. The van der Waals surface area contributed by atoms with Gasteiger partial charge < -0.3 is 5.32 Å². The van der Waals surface area contributed by atoms with Crippen molar-refractivity contribution < 1.29 is 0 Å². The molecule has 0 aliphatic carbocycles. The summed E-state index contributed by atoms with van der Waals surface area (Å²) in [5.41, 5.74) is 3.40. The van der Waals surface area contributed by atoms with Crippen LogP contribution in [0.15, 0.2) is 59.5 Å². The summed E-state index contributed by atoms with van der Waals surface area (Å²) in [5, 5.41) is 7.65. The largest absolute Gasteiger partial charge is 0.366 e. The van der Waals surface area contributed by atoms with E-state index in [1.54, 1.807) is 6.20 Å². The summed E-state index contributed by atoms with van der Waals surface area (Å²) >= 11 is 3.46. The van der Waals surface area contributed by atoms with E-state index in [9.17, 15) is 0 Å². The van der Waals surface area contributed by atoms with Gasteiger partial charge in [-0.15, -0.1) is 0 Å². The lowest BCUT2D eigenvalue weighted by molar-refractivity contribution is 0.863. The van der Waals surface area contributed by atoms with Crippen molar-refractivity contribution in [2.24, 2.45) is 0 Å². The summed E-state index contributed by atoms with van der Waals surface area (Å²) < 4.78 is 2.89. The van der Waals surface area contributed by atoms with Crippen molar-refractivity contribution in [3.8, 4) is 5.69 Å². The van der Waals surface area contributed by atoms with Crippen LogP contribution in [-0.2, 0) is 6.54 Å². The zero-order chi connectivity index (χ0) is 14.7. The van der Waals surface area contributed by atoms with Crippen LogP contribution in [0.4, 0.5) is 5.82 Å². The number of nitrogens with zero attached hydrogens (tertiary/aromatic N) is 3. The molecule has 1 aromatic carbocycles. The maximum atomic E-state index is 4.37. The Balaban J connectivity index is 1.81. The lowest BCUT2D eigenvalue weighted by atomic mass is 10.1. The first-order chi connectivity index (χ1) is 10.2. The van der Waals surface area contributed by atoms with Crippen LogP contribution in [0, 0.1) is 6.92 Å². The molecule has 0 atom stereocenters. The normalized spacial score (nSPS) is 10.6. The topological polar surface area (TPSA) is 42.7 Å². The Labute approximate surface area is 132 Å². The zero-order valence-electron chi connectivity index (χ0n) is 11.6. The Morgan fingerprint density at radius 1 is 1.24 bits per heavy atom. The number of benzene rings is 1. The number of anilines is 1. The second kappa shape index (κ2) is 6.10. The van der Waals surface area contributed by atoms with E-state index in [0.717, 1.165) is 21.5 Å². The SMILES string of the molecule is Cc1cc(NCc2ccccc2-n2cccn2)ncc1Br. The Morgan fingerprint density at radius 3 is 2.86 bits per heavy atom. The highest BCUT2D eigenvalue weighted by Gasteiger charge is 2.05. The maximum absolute atomic E-state index is 4.37. The molecular weight excluding hydrogens is 328 g/mol. The summed E-state index contributed by atoms with van der Waals surface area (Å²) in [6, 6.07) is 12.2. The Morgan fingerprint density at radius 2 is 2.10 bits per heavy atom. The van der Waals surface area contributed by atoms with E-state index in [2.05, 4.69) is 50.4 Å². The van der Waals surface area contributed by atoms with Gasteiger partial charge in [-0.2, -0.15) is 5.10 Å². The molecule has 5 heteroatoms. The number of aromatic nitrogens is 3. The van der Waals surface area contributed by atoms with Crippen LogP contribution in [-0.4, -0.2) is 14.8 Å². The van der Waals surface area contributed by atoms with Crippen molar-refractivity contribution in [3.63, 3.8) is 0 Å². The highest BCUT2D eigenvalue weighted by atomic mass is 79.9. The van der Waals surface area contributed by atoms with Crippen LogP contribution >= 0.6 is 15.9 Å². The third-order valence-electron chi connectivity index (χ3n) is 3.25. The van der Waals surface area contributed by atoms with Gasteiger partial charge in [0.2, 0.25) is 0 Å². The van der Waals surface area contributed by atoms with Gasteiger partial charge in [-0.25, -0.2) is 9.67 Å². The standard InChI is InChI=1S/C16H15BrN4/c1-12-9-16(19-11-14(12)17)18-10-13-5-2-3-6-15(13)21-8-4-7-20-21/h2-9,11H,10H2,1H3,(H,18,19). The summed E-state index contributed by atoms with van der Waals surface area (Å²) in [6.45, 7) is 2.75. The molecule has 0 aliphatic rings. The fraction of sp³-hybridized carbons (Fsp3) is 0.125. The molecule has 0 unspecified atom stereocenters. The molecule has 0 fully saturated rings. The third-order valence-corrected chi connectivity index (χ3v) is 4.08. The summed E-state index contributed by atoms with van der Waals surface area (Å²) in [4.78, 5) is 4.37. The van der Waals surface area contributed by atoms with Gasteiger partial charge in [0.05, 0.1) is 5.69 Å². The zero-order valence-corrected chi connectivity index (χ0v) is 13.2. The second-order valence-electron chi connectivity index (χ2n) is 4.75. The van der Waals surface area contributed by atoms with Gasteiger partial charge >= 0.3 is 0 Å². The maximum Gasteiger partial charge on any atom is 0.126 e. The first-order valence-corrected chi connectivity index (χ1v) is 7.47. The van der Waals surface area contributed by atoms with Crippen molar-refractivity contribution in [2.75, 3.05) is 5.32 Å².